The van der Waals surface area contributed by atoms with Crippen molar-refractivity contribution >= 4 is 27.5 Å². The number of hydrogen-bond donors (Lipinski definition) is 2. The third-order valence-corrected chi connectivity index (χ3v) is 5.97. The minimum Gasteiger partial charge on any atom is -0.482 e. The van der Waals surface area contributed by atoms with Crippen LogP contribution in [-0.4, -0.2) is 44.2 Å². The number of carbonyl (C=O) groups is 2. The first-order chi connectivity index (χ1) is 10.9. The molecule has 124 valence electrons. The number of hydrogen-bond acceptors (Lipinski definition) is 5. The van der Waals surface area contributed by atoms with Crippen molar-refractivity contribution in [1.29, 1.82) is 0 Å². The molecular formula is C14H17N3O5S. The molecule has 3 rings (SSSR count). The smallest absolute Gasteiger partial charge is 0.262 e. The van der Waals surface area contributed by atoms with Crippen molar-refractivity contribution < 1.29 is 22.7 Å². The molecule has 2 heterocycles. The number of sulfonamides is 1. The van der Waals surface area contributed by atoms with E-state index in [1.807, 2.05) is 0 Å². The van der Waals surface area contributed by atoms with Gasteiger partial charge in [-0.1, -0.05) is 0 Å². The molecule has 2 aliphatic heterocycles. The van der Waals surface area contributed by atoms with Gasteiger partial charge in [-0.3, -0.25) is 9.59 Å². The summed E-state index contributed by atoms with van der Waals surface area (Å²) >= 11 is 0. The van der Waals surface area contributed by atoms with Crippen molar-refractivity contribution in [2.45, 2.75) is 17.7 Å². The number of amides is 2. The number of piperidine rings is 1. The predicted molar refractivity (Wildman–Crippen MR) is 81.2 cm³/mol. The zero-order chi connectivity index (χ0) is 16.6. The van der Waals surface area contributed by atoms with Crippen molar-refractivity contribution in [3.63, 3.8) is 0 Å². The van der Waals surface area contributed by atoms with E-state index < -0.39 is 15.9 Å². The van der Waals surface area contributed by atoms with E-state index in [0.29, 0.717) is 24.3 Å². The second kappa shape index (κ2) is 5.82. The molecule has 2 amide bonds. The van der Waals surface area contributed by atoms with Gasteiger partial charge >= 0.3 is 0 Å². The molecule has 2 aliphatic rings. The molecule has 0 saturated carbocycles. The van der Waals surface area contributed by atoms with Gasteiger partial charge in [-0.15, -0.1) is 0 Å². The lowest BCUT2D eigenvalue weighted by atomic mass is 9.98. The zero-order valence-electron chi connectivity index (χ0n) is 12.3. The highest BCUT2D eigenvalue weighted by atomic mass is 32.2. The summed E-state index contributed by atoms with van der Waals surface area (Å²) in [6.45, 7) is 0.408. The van der Waals surface area contributed by atoms with Crippen LogP contribution in [-0.2, 0) is 19.6 Å². The third-order valence-electron chi connectivity index (χ3n) is 4.08. The first-order valence-corrected chi connectivity index (χ1v) is 8.68. The first-order valence-electron chi connectivity index (χ1n) is 7.24. The van der Waals surface area contributed by atoms with Crippen molar-refractivity contribution in [3.8, 4) is 5.75 Å². The summed E-state index contributed by atoms with van der Waals surface area (Å²) in [6, 6.07) is 4.37. The quantitative estimate of drug-likeness (QED) is 0.797. The molecule has 0 unspecified atom stereocenters. The van der Waals surface area contributed by atoms with Gasteiger partial charge in [0, 0.05) is 19.0 Å². The van der Waals surface area contributed by atoms with E-state index in [-0.39, 0.29) is 36.4 Å². The molecule has 1 aromatic rings. The Kier molecular flexibility index (Phi) is 3.99. The van der Waals surface area contributed by atoms with E-state index in [2.05, 4.69) is 5.32 Å². The van der Waals surface area contributed by atoms with E-state index in [4.69, 9.17) is 10.5 Å². The van der Waals surface area contributed by atoms with E-state index >= 15 is 0 Å². The largest absolute Gasteiger partial charge is 0.482 e. The fraction of sp³-hybridized carbons (Fsp3) is 0.429. The zero-order valence-corrected chi connectivity index (χ0v) is 13.1. The molecule has 3 N–H and O–H groups in total. The van der Waals surface area contributed by atoms with Gasteiger partial charge in [-0.25, -0.2) is 8.42 Å². The van der Waals surface area contributed by atoms with Crippen molar-refractivity contribution in [2.24, 2.45) is 11.7 Å². The average molecular weight is 339 g/mol. The Labute approximate surface area is 133 Å². The maximum atomic E-state index is 12.7. The number of primary amides is 1. The summed E-state index contributed by atoms with van der Waals surface area (Å²) in [5.74, 6) is -0.557. The van der Waals surface area contributed by atoms with Crippen LogP contribution in [0.15, 0.2) is 23.1 Å². The molecule has 9 heteroatoms. The number of fused-ring (bicyclic) bond motifs is 1. The second-order valence-corrected chi connectivity index (χ2v) is 7.51. The minimum atomic E-state index is -3.69. The van der Waals surface area contributed by atoms with Gasteiger partial charge in [-0.2, -0.15) is 4.31 Å². The summed E-state index contributed by atoms with van der Waals surface area (Å²) in [7, 11) is -3.69. The van der Waals surface area contributed by atoms with Gasteiger partial charge in [0.2, 0.25) is 15.9 Å². The van der Waals surface area contributed by atoms with Gasteiger partial charge in [0.1, 0.15) is 5.75 Å². The van der Waals surface area contributed by atoms with Gasteiger partial charge in [0.25, 0.3) is 5.91 Å². The van der Waals surface area contributed by atoms with Gasteiger partial charge in [0.05, 0.1) is 10.6 Å². The summed E-state index contributed by atoms with van der Waals surface area (Å²) in [6.07, 6.45) is 0.832. The number of nitrogens with zero attached hydrogens (tertiary/aromatic N) is 1. The highest BCUT2D eigenvalue weighted by Crippen LogP contribution is 2.32. The average Bonchev–Trinajstić information content (AvgIpc) is 2.54. The van der Waals surface area contributed by atoms with Crippen LogP contribution in [0, 0.1) is 5.92 Å². The van der Waals surface area contributed by atoms with Crippen LogP contribution >= 0.6 is 0 Å². The first kappa shape index (κ1) is 15.8. The van der Waals surface area contributed by atoms with Crippen molar-refractivity contribution in [3.05, 3.63) is 18.2 Å². The van der Waals surface area contributed by atoms with Gasteiger partial charge < -0.3 is 15.8 Å². The predicted octanol–water partition coefficient (Wildman–Crippen LogP) is -0.0965. The molecule has 0 atom stereocenters. The maximum absolute atomic E-state index is 12.7. The number of nitrogens with one attached hydrogen (secondary N) is 1. The molecule has 0 radical (unpaired) electrons. The summed E-state index contributed by atoms with van der Waals surface area (Å²) in [5, 5.41) is 2.59. The summed E-state index contributed by atoms with van der Waals surface area (Å²) in [5.41, 5.74) is 5.60. The summed E-state index contributed by atoms with van der Waals surface area (Å²) in [4.78, 5) is 22.6. The molecular weight excluding hydrogens is 322 g/mol. The topological polar surface area (TPSA) is 119 Å². The maximum Gasteiger partial charge on any atom is 0.262 e. The Morgan fingerprint density at radius 2 is 2.00 bits per heavy atom. The lowest BCUT2D eigenvalue weighted by molar-refractivity contribution is -0.122. The van der Waals surface area contributed by atoms with E-state index in [1.54, 1.807) is 0 Å². The number of ether oxygens (including phenoxy) is 1. The highest BCUT2D eigenvalue weighted by Gasteiger charge is 2.32. The fourth-order valence-electron chi connectivity index (χ4n) is 2.75. The van der Waals surface area contributed by atoms with Crippen molar-refractivity contribution in [2.75, 3.05) is 25.0 Å². The third kappa shape index (κ3) is 3.02. The van der Waals surface area contributed by atoms with E-state index in [1.165, 1.54) is 22.5 Å². The Hall–Kier alpha value is -2.13. The lowest BCUT2D eigenvalue weighted by Crippen LogP contribution is -2.41. The molecule has 1 saturated heterocycles. The van der Waals surface area contributed by atoms with Crippen LogP contribution in [0.2, 0.25) is 0 Å². The molecule has 8 nitrogen and oxygen atoms in total. The SMILES string of the molecule is NC(=O)C1CCN(S(=O)(=O)c2ccc3c(c2)NC(=O)CO3)CC1. The second-order valence-electron chi connectivity index (χ2n) is 5.58. The normalized spacial score (nSPS) is 19.6. The molecule has 0 spiro atoms. The number of benzene rings is 1. The Balaban J connectivity index is 1.82. The lowest BCUT2D eigenvalue weighted by Gasteiger charge is -2.30. The van der Waals surface area contributed by atoms with Crippen LogP contribution in [0.5, 0.6) is 5.75 Å². The monoisotopic (exact) mass is 339 g/mol. The number of carbonyl (C=O) groups excluding carboxylic acids is 2. The Morgan fingerprint density at radius 1 is 1.30 bits per heavy atom. The Morgan fingerprint density at radius 3 is 2.65 bits per heavy atom. The van der Waals surface area contributed by atoms with E-state index in [9.17, 15) is 18.0 Å². The standard InChI is InChI=1S/C14H17N3O5S/c15-14(19)9-3-5-17(6-4-9)23(20,21)10-1-2-12-11(7-10)16-13(18)8-22-12/h1-2,7,9H,3-6,8H2,(H2,15,19)(H,16,18). The Bertz CT molecular complexity index is 754. The molecule has 0 aliphatic carbocycles. The molecule has 23 heavy (non-hydrogen) atoms. The number of nitrogens with two attached hydrogens (primary N) is 1. The molecule has 1 aromatic carbocycles. The number of rotatable bonds is 3. The van der Waals surface area contributed by atoms with Crippen LogP contribution in [0.25, 0.3) is 0 Å². The van der Waals surface area contributed by atoms with Gasteiger partial charge in [-0.05, 0) is 31.0 Å². The molecule has 0 bridgehead atoms. The van der Waals surface area contributed by atoms with E-state index in [0.717, 1.165) is 0 Å². The van der Waals surface area contributed by atoms with Crippen LogP contribution in [0.4, 0.5) is 5.69 Å². The fourth-order valence-corrected chi connectivity index (χ4v) is 4.25. The number of anilines is 1. The van der Waals surface area contributed by atoms with Crippen LogP contribution < -0.4 is 15.8 Å². The summed E-state index contributed by atoms with van der Waals surface area (Å²) < 4.78 is 31.9. The molecule has 1 fully saturated rings. The minimum absolute atomic E-state index is 0.0829. The van der Waals surface area contributed by atoms with Gasteiger partial charge in [0.15, 0.2) is 6.61 Å². The van der Waals surface area contributed by atoms with Crippen LogP contribution in [0.1, 0.15) is 12.8 Å². The molecule has 0 aromatic heterocycles. The highest BCUT2D eigenvalue weighted by molar-refractivity contribution is 7.89. The van der Waals surface area contributed by atoms with Crippen LogP contribution in [0.3, 0.4) is 0 Å². The van der Waals surface area contributed by atoms with Crippen molar-refractivity contribution in [1.82, 2.24) is 4.31 Å².